The molecule has 0 aliphatic rings. The Morgan fingerprint density at radius 1 is 0.906 bits per heavy atom. The fourth-order valence-corrected chi connectivity index (χ4v) is 3.97. The van der Waals surface area contributed by atoms with Gasteiger partial charge in [-0.1, -0.05) is 24.3 Å². The molecule has 0 radical (unpaired) electrons. The average molecular weight is 446 g/mol. The second-order valence-corrected chi connectivity index (χ2v) is 10.7. The molecule has 32 heavy (non-hydrogen) atoms. The summed E-state index contributed by atoms with van der Waals surface area (Å²) in [7, 11) is -3.37. The number of carbonyl (C=O) groups excluding carboxylic acids is 1. The van der Waals surface area contributed by atoms with Crippen LogP contribution in [0.1, 0.15) is 29.8 Å². The van der Waals surface area contributed by atoms with Gasteiger partial charge in [0.25, 0.3) is 5.91 Å². The number of sulfone groups is 1. The van der Waals surface area contributed by atoms with Crippen LogP contribution in [-0.2, 0) is 14.6 Å². The molecule has 0 aliphatic heterocycles. The monoisotopic (exact) mass is 445 g/mol. The molecule has 0 saturated heterocycles. The van der Waals surface area contributed by atoms with E-state index in [9.17, 15) is 13.2 Å². The number of carbonyl (C=O) groups is 1. The third-order valence-electron chi connectivity index (χ3n) is 5.67. The van der Waals surface area contributed by atoms with E-state index in [2.05, 4.69) is 15.3 Å². The van der Waals surface area contributed by atoms with Gasteiger partial charge >= 0.3 is 0 Å². The lowest BCUT2D eigenvalue weighted by molar-refractivity contribution is 0.102. The van der Waals surface area contributed by atoms with Gasteiger partial charge in [-0.2, -0.15) is 0 Å². The molecule has 2 aromatic carbocycles. The number of amides is 1. The Morgan fingerprint density at radius 2 is 1.69 bits per heavy atom. The maximum absolute atomic E-state index is 12.8. The van der Waals surface area contributed by atoms with Crippen molar-refractivity contribution in [2.24, 2.45) is 0 Å². The highest BCUT2D eigenvalue weighted by molar-refractivity contribution is 7.91. The van der Waals surface area contributed by atoms with Crippen LogP contribution in [0.3, 0.4) is 0 Å². The van der Waals surface area contributed by atoms with Crippen LogP contribution in [0.5, 0.6) is 0 Å². The summed E-state index contributed by atoms with van der Waals surface area (Å²) in [5.41, 5.74) is 3.41. The number of fused-ring (bicyclic) bond motifs is 1. The number of anilines is 1. The summed E-state index contributed by atoms with van der Waals surface area (Å²) in [5.74, 6) is 0.183. The summed E-state index contributed by atoms with van der Waals surface area (Å²) in [6, 6.07) is 19.9. The summed E-state index contributed by atoms with van der Waals surface area (Å²) >= 11 is 0. The van der Waals surface area contributed by atoms with Crippen LogP contribution in [0.25, 0.3) is 22.0 Å². The zero-order valence-electron chi connectivity index (χ0n) is 18.0. The van der Waals surface area contributed by atoms with Crippen molar-refractivity contribution in [1.29, 1.82) is 0 Å². The highest BCUT2D eigenvalue weighted by atomic mass is 32.2. The second kappa shape index (κ2) is 8.16. The minimum atomic E-state index is -3.37. The van der Waals surface area contributed by atoms with Gasteiger partial charge < -0.3 is 5.32 Å². The fraction of sp³-hybridized carbons (Fsp3) is 0.160. The molecule has 0 fully saturated rings. The Hall–Kier alpha value is -3.58. The SMILES string of the molecule is CC(C)(c1cc(-c2cccc(C(=O)Nc3ccccn3)c2)c2ncccc2c1)S(C)(=O)=O. The lowest BCUT2D eigenvalue weighted by Gasteiger charge is -2.24. The highest BCUT2D eigenvalue weighted by Crippen LogP contribution is 2.36. The normalized spacial score (nSPS) is 12.0. The molecule has 7 heteroatoms. The van der Waals surface area contributed by atoms with E-state index >= 15 is 0 Å². The molecule has 6 nitrogen and oxygen atoms in total. The fourth-order valence-electron chi connectivity index (χ4n) is 3.43. The second-order valence-electron chi connectivity index (χ2n) is 8.13. The van der Waals surface area contributed by atoms with Gasteiger partial charge in [0.05, 0.1) is 10.3 Å². The van der Waals surface area contributed by atoms with Gasteiger partial charge in [0.1, 0.15) is 5.82 Å². The topological polar surface area (TPSA) is 89.0 Å². The third kappa shape index (κ3) is 4.11. The van der Waals surface area contributed by atoms with E-state index in [1.165, 1.54) is 6.26 Å². The summed E-state index contributed by atoms with van der Waals surface area (Å²) in [6.07, 6.45) is 4.55. The smallest absolute Gasteiger partial charge is 0.256 e. The van der Waals surface area contributed by atoms with Crippen molar-refractivity contribution < 1.29 is 13.2 Å². The molecule has 0 bridgehead atoms. The lowest BCUT2D eigenvalue weighted by atomic mass is 9.93. The minimum absolute atomic E-state index is 0.282. The molecule has 1 N–H and O–H groups in total. The number of aromatic nitrogens is 2. The van der Waals surface area contributed by atoms with Gasteiger partial charge in [-0.15, -0.1) is 0 Å². The summed E-state index contributed by atoms with van der Waals surface area (Å²) in [4.78, 5) is 21.4. The van der Waals surface area contributed by atoms with Crippen LogP contribution in [0.2, 0.25) is 0 Å². The molecule has 4 rings (SSSR count). The van der Waals surface area contributed by atoms with Crippen LogP contribution < -0.4 is 5.32 Å². The van der Waals surface area contributed by atoms with Gasteiger partial charge in [-0.3, -0.25) is 9.78 Å². The lowest BCUT2D eigenvalue weighted by Crippen LogP contribution is -2.28. The molecule has 0 atom stereocenters. The molecule has 0 spiro atoms. The van der Waals surface area contributed by atoms with Crippen molar-refractivity contribution >= 4 is 32.5 Å². The zero-order valence-corrected chi connectivity index (χ0v) is 18.8. The number of hydrogen-bond donors (Lipinski definition) is 1. The predicted molar refractivity (Wildman–Crippen MR) is 127 cm³/mol. The van der Waals surface area contributed by atoms with E-state index < -0.39 is 14.6 Å². The Kier molecular flexibility index (Phi) is 5.52. The van der Waals surface area contributed by atoms with Gasteiger partial charge in [0.15, 0.2) is 9.84 Å². The number of nitrogens with one attached hydrogen (secondary N) is 1. The Labute approximate surface area is 187 Å². The van der Waals surface area contributed by atoms with Crippen LogP contribution in [0.4, 0.5) is 5.82 Å². The number of pyridine rings is 2. The number of hydrogen-bond acceptors (Lipinski definition) is 5. The molecule has 2 aromatic heterocycles. The van der Waals surface area contributed by atoms with Gasteiger partial charge in [-0.25, -0.2) is 13.4 Å². The van der Waals surface area contributed by atoms with E-state index in [0.29, 0.717) is 16.9 Å². The van der Waals surface area contributed by atoms with E-state index in [1.54, 1.807) is 62.6 Å². The van der Waals surface area contributed by atoms with Gasteiger partial charge in [0.2, 0.25) is 0 Å². The maximum atomic E-state index is 12.8. The van der Waals surface area contributed by atoms with E-state index in [1.807, 2.05) is 30.3 Å². The molecule has 2 heterocycles. The van der Waals surface area contributed by atoms with Gasteiger partial charge in [0, 0.05) is 35.2 Å². The van der Waals surface area contributed by atoms with Crippen LogP contribution in [0, 0.1) is 0 Å². The molecule has 162 valence electrons. The standard InChI is InChI=1S/C25H23N3O3S/c1-25(2,32(3,30)31)20-15-18-10-7-13-27-23(18)21(16-20)17-8-6-9-19(14-17)24(29)28-22-11-4-5-12-26-22/h4-16H,1-3H3,(H,26,28,29). The highest BCUT2D eigenvalue weighted by Gasteiger charge is 2.33. The van der Waals surface area contributed by atoms with Crippen molar-refractivity contribution in [3.63, 3.8) is 0 Å². The molecule has 1 amide bonds. The first-order chi connectivity index (χ1) is 15.2. The van der Waals surface area contributed by atoms with Crippen molar-refractivity contribution in [3.05, 3.63) is 90.3 Å². The quantitative estimate of drug-likeness (QED) is 0.475. The van der Waals surface area contributed by atoms with Crippen LogP contribution in [0.15, 0.2) is 79.1 Å². The van der Waals surface area contributed by atoms with Crippen LogP contribution >= 0.6 is 0 Å². The van der Waals surface area contributed by atoms with E-state index in [0.717, 1.165) is 22.0 Å². The van der Waals surface area contributed by atoms with Crippen molar-refractivity contribution in [1.82, 2.24) is 9.97 Å². The van der Waals surface area contributed by atoms with E-state index in [-0.39, 0.29) is 5.91 Å². The number of benzene rings is 2. The molecular weight excluding hydrogens is 422 g/mol. The molecule has 0 saturated carbocycles. The van der Waals surface area contributed by atoms with Crippen molar-refractivity contribution in [2.45, 2.75) is 18.6 Å². The zero-order chi connectivity index (χ0) is 22.9. The largest absolute Gasteiger partial charge is 0.307 e. The Balaban J connectivity index is 1.83. The molecule has 4 aromatic rings. The van der Waals surface area contributed by atoms with Crippen molar-refractivity contribution in [2.75, 3.05) is 11.6 Å². The number of nitrogens with zero attached hydrogens (tertiary/aromatic N) is 2. The Morgan fingerprint density at radius 3 is 2.41 bits per heavy atom. The molecule has 0 unspecified atom stereocenters. The first-order valence-corrected chi connectivity index (χ1v) is 12.0. The summed E-state index contributed by atoms with van der Waals surface area (Å²) in [6.45, 7) is 3.39. The average Bonchev–Trinajstić information content (AvgIpc) is 2.78. The van der Waals surface area contributed by atoms with Crippen LogP contribution in [-0.4, -0.2) is 30.5 Å². The van der Waals surface area contributed by atoms with Crippen molar-refractivity contribution in [3.8, 4) is 11.1 Å². The molecule has 0 aliphatic carbocycles. The first kappa shape index (κ1) is 21.6. The maximum Gasteiger partial charge on any atom is 0.256 e. The summed E-state index contributed by atoms with van der Waals surface area (Å²) < 4.78 is 23.9. The van der Waals surface area contributed by atoms with Gasteiger partial charge in [-0.05, 0) is 67.4 Å². The number of rotatable bonds is 5. The summed E-state index contributed by atoms with van der Waals surface area (Å²) in [5, 5.41) is 3.62. The predicted octanol–water partition coefficient (Wildman–Crippen LogP) is 4.83. The molecular formula is C25H23N3O3S. The van der Waals surface area contributed by atoms with E-state index in [4.69, 9.17) is 0 Å². The minimum Gasteiger partial charge on any atom is -0.307 e. The third-order valence-corrected chi connectivity index (χ3v) is 7.76. The Bertz CT molecular complexity index is 1420. The first-order valence-electron chi connectivity index (χ1n) is 10.1.